The molecular formula is C26H29FN2O2. The number of pyridine rings is 1. The molecule has 1 aromatic carbocycles. The molecule has 0 spiro atoms. The van der Waals surface area contributed by atoms with Crippen LogP contribution in [0.3, 0.4) is 0 Å². The molecule has 0 bridgehead atoms. The first-order valence-corrected chi connectivity index (χ1v) is 11.5. The minimum absolute atomic E-state index is 0.124. The van der Waals surface area contributed by atoms with Crippen LogP contribution in [0.5, 0.6) is 0 Å². The second-order valence-electron chi connectivity index (χ2n) is 9.83. The SMILES string of the molecule is C[C@]12CCC3c4ccccc4CCC3C1[C@H](CCC(=O)Nc1ccc(F)cn1)CC2=O. The maximum atomic E-state index is 13.1. The molecule has 5 heteroatoms. The number of aromatic nitrogens is 1. The van der Waals surface area contributed by atoms with Gasteiger partial charge in [0, 0.05) is 18.3 Å². The van der Waals surface area contributed by atoms with Gasteiger partial charge in [-0.15, -0.1) is 0 Å². The number of hydrogen-bond acceptors (Lipinski definition) is 3. The number of aryl methyl sites for hydroxylation is 1. The molecule has 5 atom stereocenters. The van der Waals surface area contributed by atoms with Crippen molar-refractivity contribution in [2.45, 2.75) is 57.8 Å². The van der Waals surface area contributed by atoms with Crippen molar-refractivity contribution in [3.63, 3.8) is 0 Å². The van der Waals surface area contributed by atoms with E-state index in [9.17, 15) is 14.0 Å². The molecule has 1 aromatic heterocycles. The van der Waals surface area contributed by atoms with Crippen molar-refractivity contribution in [1.29, 1.82) is 0 Å². The number of amides is 1. The first-order valence-electron chi connectivity index (χ1n) is 11.5. The normalized spacial score (nSPS) is 31.5. The predicted octanol–water partition coefficient (Wildman–Crippen LogP) is 5.29. The lowest BCUT2D eigenvalue weighted by atomic mass is 9.54. The molecule has 2 aromatic rings. The van der Waals surface area contributed by atoms with Crippen LogP contribution in [-0.2, 0) is 16.0 Å². The zero-order valence-corrected chi connectivity index (χ0v) is 17.9. The number of rotatable bonds is 4. The van der Waals surface area contributed by atoms with Crippen LogP contribution in [0.4, 0.5) is 10.2 Å². The van der Waals surface area contributed by atoms with E-state index < -0.39 is 5.82 Å². The second-order valence-corrected chi connectivity index (χ2v) is 9.83. The topological polar surface area (TPSA) is 59.1 Å². The molecule has 1 amide bonds. The van der Waals surface area contributed by atoms with E-state index in [4.69, 9.17) is 0 Å². The first kappa shape index (κ1) is 20.3. The van der Waals surface area contributed by atoms with Crippen LogP contribution in [0.1, 0.15) is 62.5 Å². The fourth-order valence-corrected chi connectivity index (χ4v) is 6.82. The number of hydrogen-bond donors (Lipinski definition) is 1. The smallest absolute Gasteiger partial charge is 0.225 e. The summed E-state index contributed by atoms with van der Waals surface area (Å²) < 4.78 is 13.0. The number of halogens is 1. The highest BCUT2D eigenvalue weighted by Crippen LogP contribution is 2.62. The summed E-state index contributed by atoms with van der Waals surface area (Å²) in [5.41, 5.74) is 2.71. The van der Waals surface area contributed by atoms with Crippen LogP contribution in [-0.4, -0.2) is 16.7 Å². The number of fused-ring (bicyclic) bond motifs is 5. The standard InChI is InChI=1S/C26H29FN2O2/c1-26-13-12-20-19-5-3-2-4-16(19)6-9-21(20)25(26)17(14-22(26)30)7-11-24(31)29-23-10-8-18(27)15-28-23/h2-5,8,10,15,17,20-21,25H,6-7,9,11-14H2,1H3,(H,28,29,31)/t17-,20?,21?,25?,26-/m1/s1. The van der Waals surface area contributed by atoms with Gasteiger partial charge in [-0.1, -0.05) is 31.2 Å². The van der Waals surface area contributed by atoms with Gasteiger partial charge in [-0.3, -0.25) is 9.59 Å². The third kappa shape index (κ3) is 3.58. The molecule has 3 unspecified atom stereocenters. The maximum absolute atomic E-state index is 13.1. The van der Waals surface area contributed by atoms with Crippen molar-refractivity contribution in [1.82, 2.24) is 4.98 Å². The summed E-state index contributed by atoms with van der Waals surface area (Å²) in [6.45, 7) is 2.18. The molecule has 3 aliphatic carbocycles. The number of anilines is 1. The Balaban J connectivity index is 1.31. The molecule has 2 fully saturated rings. The highest BCUT2D eigenvalue weighted by atomic mass is 19.1. The van der Waals surface area contributed by atoms with Gasteiger partial charge in [0.05, 0.1) is 6.20 Å². The molecule has 162 valence electrons. The summed E-state index contributed by atoms with van der Waals surface area (Å²) in [4.78, 5) is 29.5. The molecule has 3 aliphatic rings. The average Bonchev–Trinajstić information content (AvgIpc) is 3.04. The summed E-state index contributed by atoms with van der Waals surface area (Å²) in [5.74, 6) is 1.86. The van der Waals surface area contributed by atoms with Gasteiger partial charge in [0.15, 0.2) is 0 Å². The Morgan fingerprint density at radius 3 is 2.87 bits per heavy atom. The summed E-state index contributed by atoms with van der Waals surface area (Å²) >= 11 is 0. The number of carbonyl (C=O) groups excluding carboxylic acids is 2. The van der Waals surface area contributed by atoms with Gasteiger partial charge in [-0.2, -0.15) is 0 Å². The molecule has 4 nitrogen and oxygen atoms in total. The van der Waals surface area contributed by atoms with Crippen LogP contribution >= 0.6 is 0 Å². The molecule has 1 N–H and O–H groups in total. The number of carbonyl (C=O) groups is 2. The summed E-state index contributed by atoms with van der Waals surface area (Å²) in [6.07, 6.45) is 7.02. The summed E-state index contributed by atoms with van der Waals surface area (Å²) in [6, 6.07) is 11.6. The summed E-state index contributed by atoms with van der Waals surface area (Å²) in [7, 11) is 0. The van der Waals surface area contributed by atoms with Crippen molar-refractivity contribution in [2.24, 2.45) is 23.2 Å². The number of nitrogens with one attached hydrogen (secondary N) is 1. The van der Waals surface area contributed by atoms with Crippen molar-refractivity contribution >= 4 is 17.5 Å². The molecule has 31 heavy (non-hydrogen) atoms. The Morgan fingerprint density at radius 1 is 1.23 bits per heavy atom. The number of nitrogens with zero attached hydrogens (tertiary/aromatic N) is 1. The van der Waals surface area contributed by atoms with E-state index >= 15 is 0 Å². The third-order valence-electron chi connectivity index (χ3n) is 8.22. The molecule has 0 radical (unpaired) electrons. The largest absolute Gasteiger partial charge is 0.311 e. The van der Waals surface area contributed by atoms with E-state index in [-0.39, 0.29) is 17.2 Å². The third-order valence-corrected chi connectivity index (χ3v) is 8.22. The van der Waals surface area contributed by atoms with Gasteiger partial charge in [-0.25, -0.2) is 9.37 Å². The monoisotopic (exact) mass is 420 g/mol. The van der Waals surface area contributed by atoms with Gasteiger partial charge in [0.2, 0.25) is 5.91 Å². The highest BCUT2D eigenvalue weighted by molar-refractivity contribution is 5.90. The first-order chi connectivity index (χ1) is 15.0. The van der Waals surface area contributed by atoms with Crippen LogP contribution in [0.25, 0.3) is 0 Å². The number of Topliss-reactive ketones (excluding diaryl/α,β-unsaturated/α-hetero) is 1. The van der Waals surface area contributed by atoms with Crippen LogP contribution in [0.2, 0.25) is 0 Å². The molecule has 0 saturated heterocycles. The Morgan fingerprint density at radius 2 is 2.06 bits per heavy atom. The zero-order valence-electron chi connectivity index (χ0n) is 17.9. The predicted molar refractivity (Wildman–Crippen MR) is 117 cm³/mol. The quantitative estimate of drug-likeness (QED) is 0.731. The average molecular weight is 421 g/mol. The van der Waals surface area contributed by atoms with E-state index in [1.807, 2.05) is 0 Å². The van der Waals surface area contributed by atoms with E-state index in [1.54, 1.807) is 0 Å². The van der Waals surface area contributed by atoms with E-state index in [0.29, 0.717) is 48.6 Å². The van der Waals surface area contributed by atoms with Gasteiger partial charge in [0.1, 0.15) is 17.4 Å². The van der Waals surface area contributed by atoms with Crippen LogP contribution < -0.4 is 5.32 Å². The number of ketones is 1. The Kier molecular flexibility index (Phi) is 5.15. The molecule has 0 aliphatic heterocycles. The molecule has 1 heterocycles. The minimum Gasteiger partial charge on any atom is -0.311 e. The molecule has 2 saturated carbocycles. The van der Waals surface area contributed by atoms with Crippen molar-refractivity contribution in [3.05, 3.63) is 59.5 Å². The maximum Gasteiger partial charge on any atom is 0.225 e. The van der Waals surface area contributed by atoms with Gasteiger partial charge < -0.3 is 5.32 Å². The van der Waals surface area contributed by atoms with Crippen molar-refractivity contribution in [2.75, 3.05) is 5.32 Å². The van der Waals surface area contributed by atoms with E-state index in [1.165, 1.54) is 23.3 Å². The number of benzene rings is 1. The lowest BCUT2D eigenvalue weighted by molar-refractivity contribution is -0.129. The lowest BCUT2D eigenvalue weighted by Crippen LogP contribution is -2.44. The fraction of sp³-hybridized carbons (Fsp3) is 0.500. The van der Waals surface area contributed by atoms with E-state index in [2.05, 4.69) is 41.5 Å². The van der Waals surface area contributed by atoms with E-state index in [0.717, 1.165) is 31.9 Å². The van der Waals surface area contributed by atoms with Crippen molar-refractivity contribution < 1.29 is 14.0 Å². The summed E-state index contributed by atoms with van der Waals surface area (Å²) in [5, 5.41) is 2.75. The molecular weight excluding hydrogens is 391 g/mol. The lowest BCUT2D eigenvalue weighted by Gasteiger charge is -2.50. The second kappa shape index (κ2) is 7.85. The minimum atomic E-state index is -0.428. The molecule has 5 rings (SSSR count). The highest BCUT2D eigenvalue weighted by Gasteiger charge is 2.58. The van der Waals surface area contributed by atoms with Gasteiger partial charge in [0.25, 0.3) is 0 Å². The van der Waals surface area contributed by atoms with Crippen LogP contribution in [0, 0.1) is 29.0 Å². The Labute approximate surface area is 182 Å². The fourth-order valence-electron chi connectivity index (χ4n) is 6.82. The van der Waals surface area contributed by atoms with Crippen molar-refractivity contribution in [3.8, 4) is 0 Å². The Bertz CT molecular complexity index is 1000. The Hall–Kier alpha value is -2.56. The zero-order chi connectivity index (χ0) is 21.6. The van der Waals surface area contributed by atoms with Gasteiger partial charge >= 0.3 is 0 Å². The van der Waals surface area contributed by atoms with Crippen LogP contribution in [0.15, 0.2) is 42.6 Å². The van der Waals surface area contributed by atoms with Gasteiger partial charge in [-0.05, 0) is 79.0 Å².